The second kappa shape index (κ2) is 8.63. The Morgan fingerprint density at radius 2 is 0.875 bits per heavy atom. The van der Waals surface area contributed by atoms with Gasteiger partial charge in [-0.2, -0.15) is 0 Å². The summed E-state index contributed by atoms with van der Waals surface area (Å²) in [6.07, 6.45) is 32.8. The van der Waals surface area contributed by atoms with Gasteiger partial charge >= 0.3 is 0 Å². The highest BCUT2D eigenvalue weighted by Gasteiger charge is 2.69. The maximum atomic E-state index is 16.2. The number of ketones is 1. The zero-order valence-electron chi connectivity index (χ0n) is 25.6. The van der Waals surface area contributed by atoms with Crippen LogP contribution in [-0.4, -0.2) is 43.8 Å². The van der Waals surface area contributed by atoms with Crippen molar-refractivity contribution < 1.29 is 4.79 Å². The van der Waals surface area contributed by atoms with Crippen LogP contribution >= 0.6 is 0 Å². The zero-order valence-corrected chi connectivity index (χ0v) is 25.6. The Balaban J connectivity index is 1.28. The molecule has 8 bridgehead atoms. The van der Waals surface area contributed by atoms with E-state index in [4.69, 9.17) is 0 Å². The van der Waals surface area contributed by atoms with Gasteiger partial charge in [-0.1, -0.05) is 24.3 Å². The number of hydrogen-bond acceptors (Lipinski definition) is 3. The lowest BCUT2D eigenvalue weighted by Crippen LogP contribution is -2.64. The summed E-state index contributed by atoms with van der Waals surface area (Å²) in [5.41, 5.74) is 2.15. The predicted octanol–water partition coefficient (Wildman–Crippen LogP) is 7.77. The summed E-state index contributed by atoms with van der Waals surface area (Å²) in [6, 6.07) is 0. The minimum absolute atomic E-state index is 0.151. The fourth-order valence-corrected chi connectivity index (χ4v) is 13.2. The van der Waals surface area contributed by atoms with Gasteiger partial charge in [-0.05, 0) is 148 Å². The monoisotopic (exact) mass is 540 g/mol. The van der Waals surface area contributed by atoms with E-state index in [9.17, 15) is 0 Å². The molecule has 2 unspecified atom stereocenters. The van der Waals surface area contributed by atoms with Crippen molar-refractivity contribution in [1.29, 1.82) is 0 Å². The minimum atomic E-state index is -0.361. The summed E-state index contributed by atoms with van der Waals surface area (Å²) in [7, 11) is 8.63. The smallest absolute Gasteiger partial charge is 0.154 e. The van der Waals surface area contributed by atoms with Crippen LogP contribution < -0.4 is 0 Å². The molecule has 0 aromatic heterocycles. The van der Waals surface area contributed by atoms with E-state index in [0.29, 0.717) is 5.78 Å². The lowest BCUT2D eigenvalue weighted by Gasteiger charge is -2.67. The number of Topliss-reactive ketones (excluding diaryl/α,β-unsaturated/α-hetero) is 1. The third kappa shape index (κ3) is 3.45. The Kier molecular flexibility index (Phi) is 5.59. The first-order valence-electron chi connectivity index (χ1n) is 16.8. The van der Waals surface area contributed by atoms with E-state index in [1.54, 1.807) is 0 Å². The third-order valence-electron chi connectivity index (χ3n) is 14.2. The summed E-state index contributed by atoms with van der Waals surface area (Å²) >= 11 is 0. The molecule has 0 aromatic carbocycles. The molecule has 0 radical (unpaired) electrons. The van der Waals surface area contributed by atoms with E-state index in [2.05, 4.69) is 74.4 Å². The van der Waals surface area contributed by atoms with Gasteiger partial charge in [0.2, 0.25) is 0 Å². The van der Waals surface area contributed by atoms with Gasteiger partial charge in [0.05, 0.1) is 10.8 Å². The van der Waals surface area contributed by atoms with Gasteiger partial charge < -0.3 is 9.80 Å². The van der Waals surface area contributed by atoms with Gasteiger partial charge in [-0.25, -0.2) is 0 Å². The summed E-state index contributed by atoms with van der Waals surface area (Å²) in [5.74, 6) is 5.73. The van der Waals surface area contributed by atoms with Gasteiger partial charge in [0.1, 0.15) is 0 Å². The number of rotatable bonds is 6. The normalized spacial score (nSPS) is 49.7. The number of likely N-dealkylation sites (N-methyl/N-ethyl adjacent to an activating group) is 2. The highest BCUT2D eigenvalue weighted by atomic mass is 16.1. The topological polar surface area (TPSA) is 23.6 Å². The fourth-order valence-electron chi connectivity index (χ4n) is 13.2. The van der Waals surface area contributed by atoms with Crippen LogP contribution in [0.5, 0.6) is 0 Å². The van der Waals surface area contributed by atoms with Crippen molar-refractivity contribution in [3.8, 4) is 0 Å². The number of allylic oxidation sites excluding steroid dienone is 6. The molecule has 10 rings (SSSR count). The molecule has 0 heterocycles. The fraction of sp³-hybridized carbons (Fsp3) is 0.757. The average molecular weight is 541 g/mol. The second-order valence-corrected chi connectivity index (χ2v) is 16.8. The number of carbonyl (C=O) groups is 1. The summed E-state index contributed by atoms with van der Waals surface area (Å²) in [5, 5.41) is 0. The van der Waals surface area contributed by atoms with E-state index < -0.39 is 0 Å². The van der Waals surface area contributed by atoms with Crippen molar-refractivity contribution in [2.24, 2.45) is 57.2 Å². The predicted molar refractivity (Wildman–Crippen MR) is 162 cm³/mol. The van der Waals surface area contributed by atoms with Gasteiger partial charge in [0, 0.05) is 39.6 Å². The number of nitrogens with zero attached hydrogens (tertiary/aromatic N) is 2. The largest absolute Gasteiger partial charge is 0.378 e. The molecular formula is C37H52N2O. The summed E-state index contributed by atoms with van der Waals surface area (Å²) in [6.45, 7) is 0. The Labute approximate surface area is 243 Å². The molecule has 0 aromatic rings. The van der Waals surface area contributed by atoms with E-state index in [1.807, 2.05) is 0 Å². The van der Waals surface area contributed by atoms with Crippen LogP contribution in [0.2, 0.25) is 0 Å². The maximum absolute atomic E-state index is 16.2. The van der Waals surface area contributed by atoms with Crippen LogP contribution in [0.25, 0.3) is 0 Å². The standard InChI is InChI=1S/C37H52N2O/c1-38(2)31-5-9-36(10-6-31,34-19-25-13-26(20-34)15-27(14-25)21-34)33(40)37(11-7-32(8-12-37)39(3)4)35-22-28-16-29(23-35)18-30(17-28)24-35/h5-9,11,25-30H,10,12-24H2,1-4H3. The van der Waals surface area contributed by atoms with E-state index in [0.717, 1.165) is 48.3 Å². The van der Waals surface area contributed by atoms with Crippen molar-refractivity contribution in [3.05, 3.63) is 47.9 Å². The maximum Gasteiger partial charge on any atom is 0.154 e. The second-order valence-electron chi connectivity index (χ2n) is 16.8. The Morgan fingerprint density at radius 1 is 0.575 bits per heavy atom. The molecule has 40 heavy (non-hydrogen) atoms. The van der Waals surface area contributed by atoms with E-state index in [1.165, 1.54) is 88.4 Å². The van der Waals surface area contributed by atoms with Crippen LogP contribution in [0, 0.1) is 57.2 Å². The van der Waals surface area contributed by atoms with Gasteiger partial charge in [0.25, 0.3) is 0 Å². The SMILES string of the molecule is CN(C)C1=CCC(C(=O)C2(C34CC5CC(CC(C5)C3)C4)C=CC(N(C)C)=CC2)(C23CC4CC(CC(C4)C2)C3)C=C1. The number of carbonyl (C=O) groups excluding carboxylic acids is 1. The van der Waals surface area contributed by atoms with Crippen LogP contribution in [0.3, 0.4) is 0 Å². The van der Waals surface area contributed by atoms with Gasteiger partial charge in [0.15, 0.2) is 5.78 Å². The van der Waals surface area contributed by atoms with Gasteiger partial charge in [-0.15, -0.1) is 0 Å². The molecule has 3 nitrogen and oxygen atoms in total. The molecule has 8 saturated carbocycles. The molecule has 2 atom stereocenters. The molecular weight excluding hydrogens is 488 g/mol. The Morgan fingerprint density at radius 3 is 1.10 bits per heavy atom. The van der Waals surface area contributed by atoms with Crippen molar-refractivity contribution in [3.63, 3.8) is 0 Å². The highest BCUT2D eigenvalue weighted by molar-refractivity contribution is 5.96. The van der Waals surface area contributed by atoms with Crippen molar-refractivity contribution in [2.45, 2.75) is 89.9 Å². The molecule has 10 aliphatic carbocycles. The van der Waals surface area contributed by atoms with Crippen LogP contribution in [0.4, 0.5) is 0 Å². The minimum Gasteiger partial charge on any atom is -0.378 e. The molecule has 0 aliphatic heterocycles. The molecule has 0 saturated heterocycles. The van der Waals surface area contributed by atoms with E-state index >= 15 is 4.79 Å². The lowest BCUT2D eigenvalue weighted by molar-refractivity contribution is -0.177. The van der Waals surface area contributed by atoms with Crippen molar-refractivity contribution >= 4 is 5.78 Å². The first-order chi connectivity index (χ1) is 19.1. The van der Waals surface area contributed by atoms with Crippen LogP contribution in [-0.2, 0) is 4.79 Å². The molecule has 3 heteroatoms. The van der Waals surface area contributed by atoms with E-state index in [-0.39, 0.29) is 21.7 Å². The lowest BCUT2D eigenvalue weighted by atomic mass is 9.35. The van der Waals surface area contributed by atoms with Crippen molar-refractivity contribution in [2.75, 3.05) is 28.2 Å². The quantitative estimate of drug-likeness (QED) is 0.344. The summed E-state index contributed by atoms with van der Waals surface area (Å²) in [4.78, 5) is 20.7. The first-order valence-corrected chi connectivity index (χ1v) is 16.8. The molecule has 10 aliphatic rings. The first kappa shape index (κ1) is 25.9. The zero-order chi connectivity index (χ0) is 27.5. The van der Waals surface area contributed by atoms with Crippen molar-refractivity contribution in [1.82, 2.24) is 9.80 Å². The molecule has 216 valence electrons. The molecule has 8 fully saturated rings. The third-order valence-corrected chi connectivity index (χ3v) is 14.2. The van der Waals surface area contributed by atoms with Gasteiger partial charge in [-0.3, -0.25) is 4.79 Å². The number of hydrogen-bond donors (Lipinski definition) is 0. The highest BCUT2D eigenvalue weighted by Crippen LogP contribution is 2.73. The molecule has 0 amide bonds. The Bertz CT molecular complexity index is 1050. The summed E-state index contributed by atoms with van der Waals surface area (Å²) < 4.78 is 0. The van der Waals surface area contributed by atoms with Crippen LogP contribution in [0.15, 0.2) is 47.9 Å². The molecule has 0 N–H and O–H groups in total. The molecule has 0 spiro atoms. The Hall–Kier alpha value is -1.77. The average Bonchev–Trinajstić information content (AvgIpc) is 2.91. The van der Waals surface area contributed by atoms with Crippen LogP contribution in [0.1, 0.15) is 89.9 Å².